The number of aryl methyl sites for hydroxylation is 2. The lowest BCUT2D eigenvalue weighted by atomic mass is 10.3. The van der Waals surface area contributed by atoms with E-state index in [4.69, 9.17) is 0 Å². The van der Waals surface area contributed by atoms with Gasteiger partial charge in [-0.15, -0.1) is 0 Å². The van der Waals surface area contributed by atoms with Gasteiger partial charge in [0.05, 0.1) is 11.4 Å². The number of carbonyl (C=O) groups excluding carboxylic acids is 1. The van der Waals surface area contributed by atoms with Crippen molar-refractivity contribution >= 4 is 34.2 Å². The molecule has 0 saturated carbocycles. The number of nitrogens with zero attached hydrogens (tertiary/aromatic N) is 2. The van der Waals surface area contributed by atoms with Crippen LogP contribution in [0.25, 0.3) is 0 Å². The number of nitrogens with one attached hydrogen (secondary N) is 1. The van der Waals surface area contributed by atoms with Crippen molar-refractivity contribution in [1.82, 2.24) is 9.78 Å². The molecule has 4 nitrogen and oxygen atoms in total. The number of rotatable bonds is 3. The van der Waals surface area contributed by atoms with Crippen LogP contribution >= 0.6 is 22.6 Å². The summed E-state index contributed by atoms with van der Waals surface area (Å²) in [6.07, 6.45) is 0. The molecule has 18 heavy (non-hydrogen) atoms. The molecule has 0 atom stereocenters. The van der Waals surface area contributed by atoms with Crippen LogP contribution in [0.5, 0.6) is 0 Å². The van der Waals surface area contributed by atoms with E-state index in [1.807, 2.05) is 38.1 Å². The quantitative estimate of drug-likeness (QED) is 0.861. The molecule has 1 aromatic heterocycles. The van der Waals surface area contributed by atoms with Gasteiger partial charge < -0.3 is 5.32 Å². The van der Waals surface area contributed by atoms with Crippen molar-refractivity contribution in [3.63, 3.8) is 0 Å². The lowest BCUT2D eigenvalue weighted by Gasteiger charge is -2.08. The van der Waals surface area contributed by atoms with Crippen LogP contribution in [0.1, 0.15) is 23.1 Å². The lowest BCUT2D eigenvalue weighted by molar-refractivity contribution is 0.101. The Morgan fingerprint density at radius 2 is 2.17 bits per heavy atom. The van der Waals surface area contributed by atoms with Gasteiger partial charge in [-0.1, -0.05) is 12.1 Å². The van der Waals surface area contributed by atoms with Gasteiger partial charge in [-0.3, -0.25) is 9.48 Å². The van der Waals surface area contributed by atoms with E-state index in [0.717, 1.165) is 15.0 Å². The van der Waals surface area contributed by atoms with Gasteiger partial charge in [-0.25, -0.2) is 0 Å². The summed E-state index contributed by atoms with van der Waals surface area (Å²) in [5.41, 5.74) is 2.27. The van der Waals surface area contributed by atoms with E-state index in [9.17, 15) is 4.79 Å². The fourth-order valence-electron chi connectivity index (χ4n) is 1.72. The maximum Gasteiger partial charge on any atom is 0.273 e. The van der Waals surface area contributed by atoms with Crippen LogP contribution in [0, 0.1) is 10.5 Å². The van der Waals surface area contributed by atoms with Crippen LogP contribution in [0.4, 0.5) is 5.69 Å². The van der Waals surface area contributed by atoms with E-state index < -0.39 is 0 Å². The molecule has 0 radical (unpaired) electrons. The number of amides is 1. The molecule has 2 rings (SSSR count). The second-order valence-electron chi connectivity index (χ2n) is 3.92. The van der Waals surface area contributed by atoms with Crippen molar-refractivity contribution in [2.24, 2.45) is 0 Å². The molecule has 2 aromatic rings. The maximum atomic E-state index is 12.2. The van der Waals surface area contributed by atoms with Crippen LogP contribution in [0.2, 0.25) is 0 Å². The third-order valence-corrected chi connectivity index (χ3v) is 3.50. The van der Waals surface area contributed by atoms with Gasteiger partial charge in [0.25, 0.3) is 5.91 Å². The highest BCUT2D eigenvalue weighted by Crippen LogP contribution is 2.18. The number of carbonyl (C=O) groups is 1. The fourth-order valence-corrected chi connectivity index (χ4v) is 2.24. The van der Waals surface area contributed by atoms with E-state index in [-0.39, 0.29) is 5.91 Å². The summed E-state index contributed by atoms with van der Waals surface area (Å²) in [5.74, 6) is -0.124. The Labute approximate surface area is 120 Å². The molecule has 0 unspecified atom stereocenters. The SMILES string of the molecule is CCn1nc(C)cc1C(=O)Nc1ccccc1I. The summed E-state index contributed by atoms with van der Waals surface area (Å²) in [7, 11) is 0. The van der Waals surface area contributed by atoms with Gasteiger partial charge in [0.1, 0.15) is 5.69 Å². The van der Waals surface area contributed by atoms with Crippen molar-refractivity contribution in [3.05, 3.63) is 45.3 Å². The Morgan fingerprint density at radius 3 is 2.83 bits per heavy atom. The smallest absolute Gasteiger partial charge is 0.273 e. The van der Waals surface area contributed by atoms with Crippen LogP contribution in [0.15, 0.2) is 30.3 Å². The first-order chi connectivity index (χ1) is 8.61. The molecule has 0 saturated heterocycles. The molecule has 0 aliphatic carbocycles. The monoisotopic (exact) mass is 355 g/mol. The third kappa shape index (κ3) is 2.72. The van der Waals surface area contributed by atoms with Crippen LogP contribution < -0.4 is 5.32 Å². The summed E-state index contributed by atoms with van der Waals surface area (Å²) in [5, 5.41) is 7.18. The van der Waals surface area contributed by atoms with E-state index >= 15 is 0 Å². The number of hydrogen-bond acceptors (Lipinski definition) is 2. The van der Waals surface area contributed by atoms with Crippen molar-refractivity contribution in [3.8, 4) is 0 Å². The number of benzene rings is 1. The first kappa shape index (κ1) is 13.1. The summed E-state index contributed by atoms with van der Waals surface area (Å²) in [6.45, 7) is 4.53. The Hall–Kier alpha value is -1.37. The average Bonchev–Trinajstić information content (AvgIpc) is 2.73. The summed E-state index contributed by atoms with van der Waals surface area (Å²) in [6, 6.07) is 9.49. The minimum absolute atomic E-state index is 0.124. The Balaban J connectivity index is 2.25. The second kappa shape index (κ2) is 5.51. The number of anilines is 1. The van der Waals surface area contributed by atoms with Gasteiger partial charge >= 0.3 is 0 Å². The van der Waals surface area contributed by atoms with Gasteiger partial charge in [-0.05, 0) is 54.6 Å². The van der Waals surface area contributed by atoms with Crippen molar-refractivity contribution in [2.75, 3.05) is 5.32 Å². The highest BCUT2D eigenvalue weighted by atomic mass is 127. The Bertz CT molecular complexity index is 577. The molecule has 0 aliphatic heterocycles. The molecule has 0 bridgehead atoms. The predicted molar refractivity (Wildman–Crippen MR) is 79.8 cm³/mol. The molecule has 1 heterocycles. The van der Waals surface area contributed by atoms with E-state index in [0.29, 0.717) is 12.2 Å². The molecule has 0 aliphatic rings. The molecule has 94 valence electrons. The summed E-state index contributed by atoms with van der Waals surface area (Å²) < 4.78 is 2.73. The minimum Gasteiger partial charge on any atom is -0.320 e. The molecule has 1 amide bonds. The Morgan fingerprint density at radius 1 is 1.44 bits per heavy atom. The average molecular weight is 355 g/mol. The third-order valence-electron chi connectivity index (χ3n) is 2.56. The molecular formula is C13H14IN3O. The first-order valence-corrected chi connectivity index (χ1v) is 6.80. The van der Waals surface area contributed by atoms with Gasteiger partial charge in [0, 0.05) is 10.1 Å². The number of hydrogen-bond donors (Lipinski definition) is 1. The zero-order valence-electron chi connectivity index (χ0n) is 10.3. The second-order valence-corrected chi connectivity index (χ2v) is 5.08. The fraction of sp³-hybridized carbons (Fsp3) is 0.231. The lowest BCUT2D eigenvalue weighted by Crippen LogP contribution is -2.17. The standard InChI is InChI=1S/C13H14IN3O/c1-3-17-12(8-9(2)16-17)13(18)15-11-7-5-4-6-10(11)14/h4-8H,3H2,1-2H3,(H,15,18). The predicted octanol–water partition coefficient (Wildman–Crippen LogP) is 3.07. The number of aromatic nitrogens is 2. The molecule has 1 N–H and O–H groups in total. The number of para-hydroxylation sites is 1. The van der Waals surface area contributed by atoms with Crippen molar-refractivity contribution < 1.29 is 4.79 Å². The zero-order chi connectivity index (χ0) is 13.1. The van der Waals surface area contributed by atoms with E-state index in [1.54, 1.807) is 10.7 Å². The van der Waals surface area contributed by atoms with Gasteiger partial charge in [0.2, 0.25) is 0 Å². The minimum atomic E-state index is -0.124. The molecular weight excluding hydrogens is 341 g/mol. The molecule has 1 aromatic carbocycles. The highest BCUT2D eigenvalue weighted by molar-refractivity contribution is 14.1. The van der Waals surface area contributed by atoms with Gasteiger partial charge in [0.15, 0.2) is 0 Å². The highest BCUT2D eigenvalue weighted by Gasteiger charge is 2.13. The zero-order valence-corrected chi connectivity index (χ0v) is 12.4. The maximum absolute atomic E-state index is 12.2. The number of halogens is 1. The largest absolute Gasteiger partial charge is 0.320 e. The van der Waals surface area contributed by atoms with Crippen molar-refractivity contribution in [1.29, 1.82) is 0 Å². The molecule has 0 fully saturated rings. The molecule has 0 spiro atoms. The van der Waals surface area contributed by atoms with E-state index in [2.05, 4.69) is 33.0 Å². The van der Waals surface area contributed by atoms with E-state index in [1.165, 1.54) is 0 Å². The first-order valence-electron chi connectivity index (χ1n) is 5.72. The van der Waals surface area contributed by atoms with Gasteiger partial charge in [-0.2, -0.15) is 5.10 Å². The topological polar surface area (TPSA) is 46.9 Å². The van der Waals surface area contributed by atoms with Crippen LogP contribution in [-0.2, 0) is 6.54 Å². The normalized spacial score (nSPS) is 10.4. The summed E-state index contributed by atoms with van der Waals surface area (Å²) in [4.78, 5) is 12.2. The Kier molecular flexibility index (Phi) is 4.00. The summed E-state index contributed by atoms with van der Waals surface area (Å²) >= 11 is 2.20. The van der Waals surface area contributed by atoms with Crippen LogP contribution in [-0.4, -0.2) is 15.7 Å². The van der Waals surface area contributed by atoms with Crippen LogP contribution in [0.3, 0.4) is 0 Å². The molecule has 5 heteroatoms. The van der Waals surface area contributed by atoms with Crippen molar-refractivity contribution in [2.45, 2.75) is 20.4 Å².